The molecule has 2 aromatic rings. The number of amides is 1. The van der Waals surface area contributed by atoms with Gasteiger partial charge in [0.05, 0.1) is 48.2 Å². The van der Waals surface area contributed by atoms with E-state index in [2.05, 4.69) is 15.3 Å². The fraction of sp³-hybridized carbons (Fsp3) is 0.471. The Kier molecular flexibility index (Phi) is 5.90. The van der Waals surface area contributed by atoms with Crippen molar-refractivity contribution in [2.45, 2.75) is 38.5 Å². The van der Waals surface area contributed by atoms with Crippen LogP contribution in [0.15, 0.2) is 29.8 Å². The zero-order valence-corrected chi connectivity index (χ0v) is 14.4. The fourth-order valence-electron chi connectivity index (χ4n) is 2.64. The number of nitrogens with one attached hydrogen (secondary N) is 1. The SMILES string of the molecule is Cc1nc(CC(=O)N[C@@H]2COCC[C@H]2OCc2ccccn2)cs1. The minimum Gasteiger partial charge on any atom is -0.379 e. The second kappa shape index (κ2) is 8.32. The number of carbonyl (C=O) groups excluding carboxylic acids is 1. The Morgan fingerprint density at radius 3 is 3.12 bits per heavy atom. The van der Waals surface area contributed by atoms with E-state index in [9.17, 15) is 4.79 Å². The number of ether oxygens (including phenoxy) is 2. The summed E-state index contributed by atoms with van der Waals surface area (Å²) in [5.41, 5.74) is 1.68. The number of thiazole rings is 1. The van der Waals surface area contributed by atoms with Crippen LogP contribution in [0.25, 0.3) is 0 Å². The molecule has 24 heavy (non-hydrogen) atoms. The molecule has 3 heterocycles. The Hall–Kier alpha value is -1.83. The van der Waals surface area contributed by atoms with Crippen molar-refractivity contribution in [2.24, 2.45) is 0 Å². The maximum atomic E-state index is 12.2. The van der Waals surface area contributed by atoms with Gasteiger partial charge >= 0.3 is 0 Å². The Morgan fingerprint density at radius 1 is 1.46 bits per heavy atom. The molecule has 1 N–H and O–H groups in total. The van der Waals surface area contributed by atoms with Gasteiger partial charge in [-0.1, -0.05) is 6.07 Å². The van der Waals surface area contributed by atoms with E-state index >= 15 is 0 Å². The van der Waals surface area contributed by atoms with Gasteiger partial charge in [0, 0.05) is 18.2 Å². The van der Waals surface area contributed by atoms with Gasteiger partial charge in [-0.2, -0.15) is 0 Å². The van der Waals surface area contributed by atoms with Crippen molar-refractivity contribution in [3.63, 3.8) is 0 Å². The zero-order valence-electron chi connectivity index (χ0n) is 13.6. The highest BCUT2D eigenvalue weighted by Gasteiger charge is 2.28. The molecule has 1 amide bonds. The van der Waals surface area contributed by atoms with E-state index in [1.807, 2.05) is 30.5 Å². The number of aryl methyl sites for hydroxylation is 1. The van der Waals surface area contributed by atoms with Crippen molar-refractivity contribution in [3.8, 4) is 0 Å². The third-order valence-corrected chi connectivity index (χ3v) is 4.64. The number of rotatable bonds is 6. The van der Waals surface area contributed by atoms with Crippen LogP contribution in [0.1, 0.15) is 22.8 Å². The first-order chi connectivity index (χ1) is 11.7. The number of pyridine rings is 1. The largest absolute Gasteiger partial charge is 0.379 e. The summed E-state index contributed by atoms with van der Waals surface area (Å²) in [5.74, 6) is -0.0535. The van der Waals surface area contributed by atoms with Gasteiger partial charge in [-0.25, -0.2) is 4.98 Å². The molecule has 1 aliphatic rings. The lowest BCUT2D eigenvalue weighted by Crippen LogP contribution is -2.50. The van der Waals surface area contributed by atoms with Gasteiger partial charge in [0.25, 0.3) is 0 Å². The topological polar surface area (TPSA) is 73.3 Å². The van der Waals surface area contributed by atoms with Gasteiger partial charge in [0.1, 0.15) is 0 Å². The number of hydrogen-bond acceptors (Lipinski definition) is 6. The van der Waals surface area contributed by atoms with Crippen molar-refractivity contribution in [2.75, 3.05) is 13.2 Å². The first-order valence-electron chi connectivity index (χ1n) is 8.00. The summed E-state index contributed by atoms with van der Waals surface area (Å²) in [6.07, 6.45) is 2.72. The third-order valence-electron chi connectivity index (χ3n) is 3.82. The minimum atomic E-state index is -0.144. The van der Waals surface area contributed by atoms with Crippen LogP contribution in [0.2, 0.25) is 0 Å². The van der Waals surface area contributed by atoms with Crippen LogP contribution in [0.5, 0.6) is 0 Å². The summed E-state index contributed by atoms with van der Waals surface area (Å²) in [5, 5.41) is 5.90. The van der Waals surface area contributed by atoms with E-state index < -0.39 is 0 Å². The smallest absolute Gasteiger partial charge is 0.226 e. The van der Waals surface area contributed by atoms with Crippen LogP contribution in [-0.2, 0) is 27.3 Å². The van der Waals surface area contributed by atoms with Gasteiger partial charge in [-0.3, -0.25) is 9.78 Å². The second-order valence-corrected chi connectivity index (χ2v) is 6.80. The standard InChI is InChI=1S/C17H21N3O3S/c1-12-19-14(11-24-12)8-17(21)20-15-10-22-7-5-16(15)23-9-13-4-2-3-6-18-13/h2-4,6,11,15-16H,5,7-10H2,1H3,(H,20,21)/t15-,16-/m1/s1. The van der Waals surface area contributed by atoms with Crippen molar-refractivity contribution < 1.29 is 14.3 Å². The lowest BCUT2D eigenvalue weighted by Gasteiger charge is -2.32. The van der Waals surface area contributed by atoms with E-state index in [-0.39, 0.29) is 24.5 Å². The molecular weight excluding hydrogens is 326 g/mol. The summed E-state index contributed by atoms with van der Waals surface area (Å²) >= 11 is 1.55. The van der Waals surface area contributed by atoms with E-state index in [0.29, 0.717) is 19.8 Å². The molecule has 0 radical (unpaired) electrons. The number of carbonyl (C=O) groups is 1. The molecule has 0 aliphatic carbocycles. The van der Waals surface area contributed by atoms with E-state index in [1.54, 1.807) is 17.5 Å². The molecule has 7 heteroatoms. The van der Waals surface area contributed by atoms with Crippen molar-refractivity contribution in [1.82, 2.24) is 15.3 Å². The fourth-order valence-corrected chi connectivity index (χ4v) is 3.25. The van der Waals surface area contributed by atoms with Gasteiger partial charge < -0.3 is 14.8 Å². The van der Waals surface area contributed by atoms with Crippen LogP contribution in [0, 0.1) is 6.92 Å². The second-order valence-electron chi connectivity index (χ2n) is 5.74. The highest BCUT2D eigenvalue weighted by molar-refractivity contribution is 7.09. The molecule has 0 spiro atoms. The van der Waals surface area contributed by atoms with Gasteiger partial charge in [-0.15, -0.1) is 11.3 Å². The first-order valence-corrected chi connectivity index (χ1v) is 8.88. The molecule has 0 aromatic carbocycles. The van der Waals surface area contributed by atoms with Gasteiger partial charge in [-0.05, 0) is 25.5 Å². The van der Waals surface area contributed by atoms with Crippen molar-refractivity contribution >= 4 is 17.2 Å². The van der Waals surface area contributed by atoms with Crippen molar-refractivity contribution in [1.29, 1.82) is 0 Å². The van der Waals surface area contributed by atoms with E-state index in [1.165, 1.54) is 0 Å². The van der Waals surface area contributed by atoms with Crippen LogP contribution in [-0.4, -0.2) is 41.2 Å². The Morgan fingerprint density at radius 2 is 2.38 bits per heavy atom. The monoisotopic (exact) mass is 347 g/mol. The number of nitrogens with zero attached hydrogens (tertiary/aromatic N) is 2. The summed E-state index contributed by atoms with van der Waals surface area (Å²) < 4.78 is 11.5. The predicted molar refractivity (Wildman–Crippen MR) is 90.7 cm³/mol. The maximum Gasteiger partial charge on any atom is 0.226 e. The molecule has 1 fully saturated rings. The van der Waals surface area contributed by atoms with Crippen LogP contribution < -0.4 is 5.32 Å². The Balaban J connectivity index is 1.52. The predicted octanol–water partition coefficient (Wildman–Crippen LogP) is 1.88. The highest BCUT2D eigenvalue weighted by Crippen LogP contribution is 2.15. The van der Waals surface area contributed by atoms with Crippen LogP contribution in [0.4, 0.5) is 0 Å². The zero-order chi connectivity index (χ0) is 16.8. The molecule has 1 aliphatic heterocycles. The number of hydrogen-bond donors (Lipinski definition) is 1. The lowest BCUT2D eigenvalue weighted by atomic mass is 10.1. The summed E-state index contributed by atoms with van der Waals surface area (Å²) in [7, 11) is 0. The molecule has 2 atom stereocenters. The van der Waals surface area contributed by atoms with E-state index in [4.69, 9.17) is 9.47 Å². The molecular formula is C17H21N3O3S. The molecule has 0 unspecified atom stereocenters. The van der Waals surface area contributed by atoms with Gasteiger partial charge in [0.15, 0.2) is 0 Å². The normalized spacial score (nSPS) is 20.7. The maximum absolute atomic E-state index is 12.2. The molecule has 128 valence electrons. The average molecular weight is 347 g/mol. The average Bonchev–Trinajstić information content (AvgIpc) is 3.00. The third kappa shape index (κ3) is 4.83. The van der Waals surface area contributed by atoms with Crippen LogP contribution in [0.3, 0.4) is 0 Å². The number of aromatic nitrogens is 2. The molecule has 0 bridgehead atoms. The molecule has 1 saturated heterocycles. The Labute approximate surface area is 145 Å². The van der Waals surface area contributed by atoms with E-state index in [0.717, 1.165) is 22.8 Å². The summed E-state index contributed by atoms with van der Waals surface area (Å²) in [4.78, 5) is 20.8. The van der Waals surface area contributed by atoms with Gasteiger partial charge in [0.2, 0.25) is 5.91 Å². The molecule has 0 saturated carbocycles. The molecule has 2 aromatic heterocycles. The summed E-state index contributed by atoms with van der Waals surface area (Å²) in [6, 6.07) is 5.60. The van der Waals surface area contributed by atoms with Crippen LogP contribution >= 0.6 is 11.3 Å². The highest BCUT2D eigenvalue weighted by atomic mass is 32.1. The quantitative estimate of drug-likeness (QED) is 0.864. The first kappa shape index (κ1) is 17.0. The summed E-state index contributed by atoms with van der Waals surface area (Å²) in [6.45, 7) is 3.48. The Bertz CT molecular complexity index is 662. The molecule has 6 nitrogen and oxygen atoms in total. The minimum absolute atomic E-state index is 0.0535. The van der Waals surface area contributed by atoms with Crippen molar-refractivity contribution in [3.05, 3.63) is 46.2 Å². The lowest BCUT2D eigenvalue weighted by molar-refractivity contribution is -0.126. The molecule has 3 rings (SSSR count).